The summed E-state index contributed by atoms with van der Waals surface area (Å²) >= 11 is 0. The molecule has 0 fully saturated rings. The minimum Gasteiger partial charge on any atom is -0.350 e. The van der Waals surface area contributed by atoms with Gasteiger partial charge in [-0.1, -0.05) is 17.3 Å². The zero-order chi connectivity index (χ0) is 18.6. The highest BCUT2D eigenvalue weighted by Gasteiger charge is 2.29. The molecule has 2 aromatic carbocycles. The Morgan fingerprint density at radius 2 is 1.64 bits per heavy atom. The van der Waals surface area contributed by atoms with Crippen molar-refractivity contribution in [3.63, 3.8) is 0 Å². The van der Waals surface area contributed by atoms with E-state index in [0.29, 0.717) is 6.07 Å². The average Bonchev–Trinajstić information content (AvgIpc) is 2.54. The second-order valence-corrected chi connectivity index (χ2v) is 4.61. The summed E-state index contributed by atoms with van der Waals surface area (Å²) in [5.41, 5.74) is -1.74. The maximum atomic E-state index is 12.4. The molecule has 0 aliphatic rings. The summed E-state index contributed by atoms with van der Waals surface area (Å²) in [6.07, 6.45) is -3.42. The molecule has 0 aliphatic heterocycles. The zero-order valence-corrected chi connectivity index (χ0v) is 12.1. The predicted octanol–water partition coefficient (Wildman–Crippen LogP) is 3.93. The molecule has 0 aliphatic carbocycles. The van der Waals surface area contributed by atoms with Crippen molar-refractivity contribution >= 4 is 17.6 Å². The maximum Gasteiger partial charge on any atom is 0.416 e. The first-order valence-electron chi connectivity index (χ1n) is 6.49. The van der Waals surface area contributed by atoms with Crippen molar-refractivity contribution in [2.45, 2.75) is 6.18 Å². The van der Waals surface area contributed by atoms with E-state index in [1.807, 2.05) is 0 Å². The van der Waals surface area contributed by atoms with Gasteiger partial charge in [0, 0.05) is 6.07 Å². The number of halogens is 3. The number of nitro benzene ring substituents is 2. The molecular formula is C14H8F3N3O5. The van der Waals surface area contributed by atoms with Gasteiger partial charge in [0.2, 0.25) is 5.75 Å². The molecule has 2 rings (SSSR count). The van der Waals surface area contributed by atoms with Crippen LogP contribution in [0.3, 0.4) is 0 Å². The smallest absolute Gasteiger partial charge is 0.350 e. The number of oxime groups is 1. The third-order valence-electron chi connectivity index (χ3n) is 2.94. The SMILES string of the molecule is O=[N+]([O-])c1ccc(O/N=C/c2ccc(C(F)(F)F)cc2)c([N+](=O)[O-])c1. The molecule has 0 heterocycles. The number of alkyl halides is 3. The molecule has 0 N–H and O–H groups in total. The quantitative estimate of drug-likeness (QED) is 0.459. The van der Waals surface area contributed by atoms with Crippen LogP contribution in [0.25, 0.3) is 0 Å². The summed E-state index contributed by atoms with van der Waals surface area (Å²) in [7, 11) is 0. The zero-order valence-electron chi connectivity index (χ0n) is 12.1. The Balaban J connectivity index is 2.16. The molecule has 8 nitrogen and oxygen atoms in total. The minimum atomic E-state index is -4.47. The second-order valence-electron chi connectivity index (χ2n) is 4.61. The van der Waals surface area contributed by atoms with Crippen LogP contribution in [0.1, 0.15) is 11.1 Å². The third kappa shape index (κ3) is 4.50. The number of nitro groups is 2. The van der Waals surface area contributed by atoms with Crippen molar-refractivity contribution < 1.29 is 27.9 Å². The Labute approximate surface area is 137 Å². The Kier molecular flexibility index (Phi) is 4.96. The molecule has 0 saturated carbocycles. The van der Waals surface area contributed by atoms with Gasteiger partial charge < -0.3 is 4.84 Å². The molecule has 25 heavy (non-hydrogen) atoms. The van der Waals surface area contributed by atoms with Gasteiger partial charge in [0.25, 0.3) is 5.69 Å². The highest BCUT2D eigenvalue weighted by Crippen LogP contribution is 2.31. The van der Waals surface area contributed by atoms with Gasteiger partial charge in [0.1, 0.15) is 0 Å². The summed E-state index contributed by atoms with van der Waals surface area (Å²) in [5, 5.41) is 25.0. The summed E-state index contributed by atoms with van der Waals surface area (Å²) in [6, 6.07) is 6.67. The summed E-state index contributed by atoms with van der Waals surface area (Å²) < 4.78 is 37.3. The van der Waals surface area contributed by atoms with Gasteiger partial charge in [0.15, 0.2) is 0 Å². The van der Waals surface area contributed by atoms with Crippen LogP contribution in [0.15, 0.2) is 47.6 Å². The van der Waals surface area contributed by atoms with Gasteiger partial charge in [-0.05, 0) is 23.8 Å². The minimum absolute atomic E-state index is 0.262. The van der Waals surface area contributed by atoms with Crippen LogP contribution in [0.4, 0.5) is 24.5 Å². The molecule has 0 spiro atoms. The topological polar surface area (TPSA) is 108 Å². The summed E-state index contributed by atoms with van der Waals surface area (Å²) in [6.45, 7) is 0. The van der Waals surface area contributed by atoms with Crippen molar-refractivity contribution in [1.29, 1.82) is 0 Å². The number of nitrogens with zero attached hydrogens (tertiary/aromatic N) is 3. The monoisotopic (exact) mass is 355 g/mol. The van der Waals surface area contributed by atoms with Crippen LogP contribution < -0.4 is 4.84 Å². The van der Waals surface area contributed by atoms with Crippen LogP contribution in [-0.2, 0) is 6.18 Å². The molecule has 0 bridgehead atoms. The number of hydrogen-bond acceptors (Lipinski definition) is 6. The molecule has 0 aromatic heterocycles. The van der Waals surface area contributed by atoms with Crippen LogP contribution in [0.2, 0.25) is 0 Å². The van der Waals surface area contributed by atoms with Crippen molar-refractivity contribution in [2.24, 2.45) is 5.16 Å². The first-order valence-corrected chi connectivity index (χ1v) is 6.49. The maximum absolute atomic E-state index is 12.4. The van der Waals surface area contributed by atoms with E-state index in [1.54, 1.807) is 0 Å². The lowest BCUT2D eigenvalue weighted by Crippen LogP contribution is -2.04. The third-order valence-corrected chi connectivity index (χ3v) is 2.94. The second kappa shape index (κ2) is 6.95. The lowest BCUT2D eigenvalue weighted by atomic mass is 10.1. The predicted molar refractivity (Wildman–Crippen MR) is 79.4 cm³/mol. The summed E-state index contributed by atoms with van der Waals surface area (Å²) in [4.78, 5) is 24.7. The van der Waals surface area contributed by atoms with E-state index < -0.39 is 33.0 Å². The fourth-order valence-corrected chi connectivity index (χ4v) is 1.74. The van der Waals surface area contributed by atoms with E-state index in [1.165, 1.54) is 0 Å². The van der Waals surface area contributed by atoms with Crippen LogP contribution in [-0.4, -0.2) is 16.1 Å². The molecule has 2 aromatic rings. The number of hydrogen-bond donors (Lipinski definition) is 0. The highest BCUT2D eigenvalue weighted by atomic mass is 19.4. The molecule has 0 unspecified atom stereocenters. The van der Waals surface area contributed by atoms with Gasteiger partial charge in [-0.15, -0.1) is 0 Å². The van der Waals surface area contributed by atoms with E-state index in [2.05, 4.69) is 5.16 Å². The lowest BCUT2D eigenvalue weighted by molar-refractivity contribution is -0.394. The number of benzene rings is 2. The Bertz CT molecular complexity index is 835. The fourth-order valence-electron chi connectivity index (χ4n) is 1.74. The van der Waals surface area contributed by atoms with Crippen LogP contribution >= 0.6 is 0 Å². The largest absolute Gasteiger partial charge is 0.416 e. The van der Waals surface area contributed by atoms with Crippen molar-refractivity contribution in [3.05, 3.63) is 73.8 Å². The Morgan fingerprint density at radius 3 is 2.16 bits per heavy atom. The molecule has 0 saturated heterocycles. The van der Waals surface area contributed by atoms with Gasteiger partial charge in [-0.25, -0.2) is 0 Å². The van der Waals surface area contributed by atoms with Crippen molar-refractivity contribution in [2.75, 3.05) is 0 Å². The van der Waals surface area contributed by atoms with Crippen molar-refractivity contribution in [1.82, 2.24) is 0 Å². The van der Waals surface area contributed by atoms with E-state index in [4.69, 9.17) is 4.84 Å². The molecule has 0 radical (unpaired) electrons. The van der Waals surface area contributed by atoms with Crippen LogP contribution in [0.5, 0.6) is 5.75 Å². The van der Waals surface area contributed by atoms with Crippen molar-refractivity contribution in [3.8, 4) is 5.75 Å². The standard InChI is InChI=1S/C14H8F3N3O5/c15-14(16,17)10-3-1-9(2-4-10)8-18-25-13-6-5-11(19(21)22)7-12(13)20(23)24/h1-8H/b18-8+. The molecule has 0 atom stereocenters. The van der Waals surface area contributed by atoms with Gasteiger partial charge >= 0.3 is 11.9 Å². The number of non-ortho nitro benzene ring substituents is 1. The Hall–Kier alpha value is -3.50. The summed E-state index contributed by atoms with van der Waals surface area (Å²) in [5.74, 6) is -0.348. The average molecular weight is 355 g/mol. The van der Waals surface area contributed by atoms with E-state index in [0.717, 1.165) is 42.6 Å². The first kappa shape index (κ1) is 17.8. The van der Waals surface area contributed by atoms with E-state index in [-0.39, 0.29) is 11.3 Å². The molecule has 130 valence electrons. The normalized spacial score (nSPS) is 11.5. The Morgan fingerprint density at radius 1 is 1.00 bits per heavy atom. The van der Waals surface area contributed by atoms with Gasteiger partial charge in [0.05, 0.1) is 27.7 Å². The van der Waals surface area contributed by atoms with Crippen LogP contribution in [0, 0.1) is 20.2 Å². The van der Waals surface area contributed by atoms with E-state index in [9.17, 15) is 33.4 Å². The highest BCUT2D eigenvalue weighted by molar-refractivity contribution is 5.79. The van der Waals surface area contributed by atoms with Gasteiger partial charge in [-0.2, -0.15) is 13.2 Å². The number of rotatable bonds is 5. The first-order chi connectivity index (χ1) is 11.7. The molecule has 0 amide bonds. The molecule has 11 heteroatoms. The molecular weight excluding hydrogens is 347 g/mol. The fraction of sp³-hybridized carbons (Fsp3) is 0.0714. The van der Waals surface area contributed by atoms with E-state index >= 15 is 0 Å². The lowest BCUT2D eigenvalue weighted by Gasteiger charge is -2.05. The van der Waals surface area contributed by atoms with Gasteiger partial charge in [-0.3, -0.25) is 20.2 Å².